The maximum Gasteiger partial charge on any atom is 0.317 e. The number of carbonyl (C=O) groups is 2. The van der Waals surface area contributed by atoms with Gasteiger partial charge in [0.25, 0.3) is 0 Å². The predicted molar refractivity (Wildman–Crippen MR) is 86.6 cm³/mol. The predicted octanol–water partition coefficient (Wildman–Crippen LogP) is 2.02. The first-order valence-corrected chi connectivity index (χ1v) is 8.15. The second kappa shape index (κ2) is 8.50. The number of carbonyl (C=O) groups excluding carboxylic acids is 2. The SMILES string of the molecule is CCCNC(=O)N1CCN(C(=O)CCc2ccccc2F)CC1. The van der Waals surface area contributed by atoms with Gasteiger partial charge in [-0.3, -0.25) is 4.79 Å². The van der Waals surface area contributed by atoms with Crippen LogP contribution in [0.4, 0.5) is 9.18 Å². The van der Waals surface area contributed by atoms with Crippen molar-refractivity contribution in [2.45, 2.75) is 26.2 Å². The number of benzene rings is 1. The van der Waals surface area contributed by atoms with Crippen LogP contribution >= 0.6 is 0 Å². The lowest BCUT2D eigenvalue weighted by molar-refractivity contribution is -0.132. The molecule has 23 heavy (non-hydrogen) atoms. The molecule has 5 nitrogen and oxygen atoms in total. The van der Waals surface area contributed by atoms with Crippen LogP contribution < -0.4 is 5.32 Å². The van der Waals surface area contributed by atoms with Gasteiger partial charge >= 0.3 is 6.03 Å². The normalized spacial score (nSPS) is 14.7. The molecule has 0 radical (unpaired) electrons. The van der Waals surface area contributed by atoms with Crippen molar-refractivity contribution in [1.82, 2.24) is 15.1 Å². The summed E-state index contributed by atoms with van der Waals surface area (Å²) in [5.74, 6) is -0.250. The lowest BCUT2D eigenvalue weighted by Gasteiger charge is -2.34. The fraction of sp³-hybridized carbons (Fsp3) is 0.529. The van der Waals surface area contributed by atoms with E-state index in [1.807, 2.05) is 6.92 Å². The molecule has 2 rings (SSSR count). The van der Waals surface area contributed by atoms with E-state index in [0.717, 1.165) is 6.42 Å². The Morgan fingerprint density at radius 2 is 1.78 bits per heavy atom. The molecule has 0 saturated carbocycles. The number of piperazine rings is 1. The first-order valence-electron chi connectivity index (χ1n) is 8.15. The van der Waals surface area contributed by atoms with E-state index in [0.29, 0.717) is 51.1 Å². The zero-order valence-corrected chi connectivity index (χ0v) is 13.6. The van der Waals surface area contributed by atoms with Gasteiger partial charge in [-0.15, -0.1) is 0 Å². The highest BCUT2D eigenvalue weighted by molar-refractivity contribution is 5.78. The highest BCUT2D eigenvalue weighted by Crippen LogP contribution is 2.11. The van der Waals surface area contributed by atoms with Crippen molar-refractivity contribution < 1.29 is 14.0 Å². The van der Waals surface area contributed by atoms with Crippen LogP contribution in [0, 0.1) is 5.82 Å². The molecule has 1 aromatic carbocycles. The summed E-state index contributed by atoms with van der Waals surface area (Å²) in [5, 5.41) is 2.84. The molecule has 126 valence electrons. The zero-order valence-electron chi connectivity index (χ0n) is 13.6. The Balaban J connectivity index is 1.75. The Bertz CT molecular complexity index is 542. The lowest BCUT2D eigenvalue weighted by Crippen LogP contribution is -2.53. The van der Waals surface area contributed by atoms with Crippen molar-refractivity contribution in [2.75, 3.05) is 32.7 Å². The largest absolute Gasteiger partial charge is 0.339 e. The smallest absolute Gasteiger partial charge is 0.317 e. The van der Waals surface area contributed by atoms with Gasteiger partial charge in [0.15, 0.2) is 0 Å². The monoisotopic (exact) mass is 321 g/mol. The number of rotatable bonds is 5. The number of hydrogen-bond donors (Lipinski definition) is 1. The number of urea groups is 1. The van der Waals surface area contributed by atoms with Crippen molar-refractivity contribution >= 4 is 11.9 Å². The van der Waals surface area contributed by atoms with E-state index in [1.54, 1.807) is 28.0 Å². The van der Waals surface area contributed by atoms with E-state index in [1.165, 1.54) is 6.07 Å². The summed E-state index contributed by atoms with van der Waals surface area (Å²) in [7, 11) is 0. The minimum Gasteiger partial charge on any atom is -0.339 e. The summed E-state index contributed by atoms with van der Waals surface area (Å²) in [4.78, 5) is 27.6. The minimum absolute atomic E-state index is 0.0156. The standard InChI is InChI=1S/C17H24FN3O2/c1-2-9-19-17(23)21-12-10-20(11-13-21)16(22)8-7-14-5-3-4-6-15(14)18/h3-6H,2,7-13H2,1H3,(H,19,23). The van der Waals surface area contributed by atoms with Gasteiger partial charge in [-0.05, 0) is 24.5 Å². The highest BCUT2D eigenvalue weighted by atomic mass is 19.1. The Morgan fingerprint density at radius 1 is 1.13 bits per heavy atom. The first kappa shape index (κ1) is 17.2. The fourth-order valence-corrected chi connectivity index (χ4v) is 2.60. The molecule has 0 spiro atoms. The summed E-state index contributed by atoms with van der Waals surface area (Å²) < 4.78 is 13.5. The zero-order chi connectivity index (χ0) is 16.7. The van der Waals surface area contributed by atoms with Gasteiger partial charge in [-0.2, -0.15) is 0 Å². The average molecular weight is 321 g/mol. The van der Waals surface area contributed by atoms with Crippen LogP contribution in [0.25, 0.3) is 0 Å². The minimum atomic E-state index is -0.266. The van der Waals surface area contributed by atoms with Crippen LogP contribution in [-0.4, -0.2) is 54.5 Å². The number of hydrogen-bond acceptors (Lipinski definition) is 2. The van der Waals surface area contributed by atoms with Gasteiger partial charge in [0, 0.05) is 39.1 Å². The van der Waals surface area contributed by atoms with Gasteiger partial charge in [0.2, 0.25) is 5.91 Å². The van der Waals surface area contributed by atoms with Gasteiger partial charge in [-0.1, -0.05) is 25.1 Å². The molecular weight excluding hydrogens is 297 g/mol. The molecule has 0 bridgehead atoms. The Labute approximate surface area is 136 Å². The number of halogens is 1. The average Bonchev–Trinajstić information content (AvgIpc) is 2.59. The van der Waals surface area contributed by atoms with Crippen molar-refractivity contribution in [3.05, 3.63) is 35.6 Å². The maximum atomic E-state index is 13.5. The van der Waals surface area contributed by atoms with Crippen LogP contribution in [0.5, 0.6) is 0 Å². The Kier molecular flexibility index (Phi) is 6.38. The highest BCUT2D eigenvalue weighted by Gasteiger charge is 2.23. The molecule has 0 unspecified atom stereocenters. The van der Waals surface area contributed by atoms with Crippen LogP contribution in [0.3, 0.4) is 0 Å². The number of aryl methyl sites for hydroxylation is 1. The summed E-state index contributed by atoms with van der Waals surface area (Å²) in [6.45, 7) is 4.83. The fourth-order valence-electron chi connectivity index (χ4n) is 2.60. The topological polar surface area (TPSA) is 52.7 Å². The Hall–Kier alpha value is -2.11. The first-order chi connectivity index (χ1) is 11.1. The third kappa shape index (κ3) is 4.94. The van der Waals surface area contributed by atoms with Crippen molar-refractivity contribution in [3.8, 4) is 0 Å². The van der Waals surface area contributed by atoms with Crippen LogP contribution in [0.2, 0.25) is 0 Å². The maximum absolute atomic E-state index is 13.5. The summed E-state index contributed by atoms with van der Waals surface area (Å²) in [6, 6.07) is 6.47. The molecule has 0 atom stereocenters. The second-order valence-electron chi connectivity index (χ2n) is 5.69. The van der Waals surface area contributed by atoms with E-state index in [-0.39, 0.29) is 17.8 Å². The van der Waals surface area contributed by atoms with E-state index in [9.17, 15) is 14.0 Å². The van der Waals surface area contributed by atoms with E-state index in [2.05, 4.69) is 5.32 Å². The number of amides is 3. The van der Waals surface area contributed by atoms with Crippen molar-refractivity contribution in [3.63, 3.8) is 0 Å². The van der Waals surface area contributed by atoms with Crippen LogP contribution in [-0.2, 0) is 11.2 Å². The lowest BCUT2D eigenvalue weighted by atomic mass is 10.1. The second-order valence-corrected chi connectivity index (χ2v) is 5.69. The van der Waals surface area contributed by atoms with Crippen LogP contribution in [0.1, 0.15) is 25.3 Å². The van der Waals surface area contributed by atoms with E-state index >= 15 is 0 Å². The molecule has 1 aliphatic heterocycles. The molecule has 1 heterocycles. The number of nitrogens with zero attached hydrogens (tertiary/aromatic N) is 2. The summed E-state index contributed by atoms with van der Waals surface area (Å²) >= 11 is 0. The molecule has 0 aromatic heterocycles. The summed E-state index contributed by atoms with van der Waals surface area (Å²) in [5.41, 5.74) is 0.568. The number of nitrogens with one attached hydrogen (secondary N) is 1. The van der Waals surface area contributed by atoms with E-state index < -0.39 is 0 Å². The Morgan fingerprint density at radius 3 is 2.43 bits per heavy atom. The van der Waals surface area contributed by atoms with Crippen molar-refractivity contribution in [1.29, 1.82) is 0 Å². The molecule has 1 saturated heterocycles. The molecule has 1 N–H and O–H groups in total. The van der Waals surface area contributed by atoms with Gasteiger partial charge < -0.3 is 15.1 Å². The molecule has 6 heteroatoms. The molecule has 3 amide bonds. The molecule has 1 fully saturated rings. The third-order valence-electron chi connectivity index (χ3n) is 4.01. The van der Waals surface area contributed by atoms with Gasteiger partial charge in [-0.25, -0.2) is 9.18 Å². The quantitative estimate of drug-likeness (QED) is 0.902. The van der Waals surface area contributed by atoms with E-state index in [4.69, 9.17) is 0 Å². The summed E-state index contributed by atoms with van der Waals surface area (Å²) in [6.07, 6.45) is 1.60. The van der Waals surface area contributed by atoms with Crippen molar-refractivity contribution in [2.24, 2.45) is 0 Å². The molecule has 1 aromatic rings. The molecule has 0 aliphatic carbocycles. The van der Waals surface area contributed by atoms with Gasteiger partial charge in [0.1, 0.15) is 5.82 Å². The van der Waals surface area contributed by atoms with Crippen LogP contribution in [0.15, 0.2) is 24.3 Å². The molecule has 1 aliphatic rings. The third-order valence-corrected chi connectivity index (χ3v) is 4.01. The van der Waals surface area contributed by atoms with Gasteiger partial charge in [0.05, 0.1) is 0 Å². The molecular formula is C17H24FN3O2.